The lowest BCUT2D eigenvalue weighted by atomic mass is 10.0. The molecule has 2 aliphatic rings. The predicted octanol–water partition coefficient (Wildman–Crippen LogP) is 3.36. The van der Waals surface area contributed by atoms with E-state index in [2.05, 4.69) is 20.8 Å². The first-order valence-corrected chi connectivity index (χ1v) is 8.86. The molecule has 5 nitrogen and oxygen atoms in total. The number of carbonyl (C=O) groups excluding carboxylic acids is 1. The number of aliphatic carboxylic acids is 1. The first-order valence-electron chi connectivity index (χ1n) is 8.07. The predicted molar refractivity (Wildman–Crippen MR) is 105 cm³/mol. The minimum atomic E-state index is -0.805. The van der Waals surface area contributed by atoms with E-state index in [0.717, 1.165) is 36.0 Å². The van der Waals surface area contributed by atoms with Crippen molar-refractivity contribution in [2.45, 2.75) is 25.3 Å². The van der Waals surface area contributed by atoms with Crippen molar-refractivity contribution in [3.8, 4) is 0 Å². The second-order valence-electron chi connectivity index (χ2n) is 6.31. The molecule has 2 aliphatic heterocycles. The van der Waals surface area contributed by atoms with Crippen LogP contribution in [0.25, 0.3) is 0 Å². The molecule has 0 aliphatic carbocycles. The number of hydrogen-bond donors (Lipinski definition) is 1. The fourth-order valence-electron chi connectivity index (χ4n) is 3.52. The van der Waals surface area contributed by atoms with E-state index in [0.29, 0.717) is 19.5 Å². The Labute approximate surface area is 168 Å². The van der Waals surface area contributed by atoms with Gasteiger partial charge in [0, 0.05) is 17.6 Å². The normalized spacial score (nSPS) is 21.3. The minimum absolute atomic E-state index is 0. The summed E-state index contributed by atoms with van der Waals surface area (Å²) < 4.78 is 0.955. The third kappa shape index (κ3) is 5.09. The van der Waals surface area contributed by atoms with Gasteiger partial charge in [-0.15, -0.1) is 24.8 Å². The highest BCUT2D eigenvalue weighted by atomic mass is 79.9. The van der Waals surface area contributed by atoms with Crippen molar-refractivity contribution < 1.29 is 14.7 Å². The molecule has 1 aromatic carbocycles. The summed E-state index contributed by atoms with van der Waals surface area (Å²) in [5.74, 6) is -1.20. The Bertz CT molecular complexity index is 611. The van der Waals surface area contributed by atoms with Gasteiger partial charge in [0.25, 0.3) is 0 Å². The number of likely N-dealkylation sites (tertiary alicyclic amines) is 2. The SMILES string of the molecule is Cl.Cl.O=C(O)C1CCN(C(=O)C(c2cccc(Br)c2)N2CCCC2)C1. The van der Waals surface area contributed by atoms with Crippen molar-refractivity contribution in [3.05, 3.63) is 34.3 Å². The molecule has 25 heavy (non-hydrogen) atoms. The first-order chi connectivity index (χ1) is 11.1. The summed E-state index contributed by atoms with van der Waals surface area (Å²) >= 11 is 3.48. The zero-order valence-electron chi connectivity index (χ0n) is 13.8. The molecular formula is C17H23BrCl2N2O3. The molecule has 2 fully saturated rings. The fraction of sp³-hybridized carbons (Fsp3) is 0.529. The maximum absolute atomic E-state index is 13.1. The lowest BCUT2D eigenvalue weighted by Crippen LogP contribution is -2.41. The molecule has 2 heterocycles. The van der Waals surface area contributed by atoms with E-state index in [1.807, 2.05) is 24.3 Å². The van der Waals surface area contributed by atoms with Crippen LogP contribution in [0.4, 0.5) is 0 Å². The number of benzene rings is 1. The van der Waals surface area contributed by atoms with Crippen LogP contribution in [0.15, 0.2) is 28.7 Å². The Balaban J connectivity index is 0.00000156. The van der Waals surface area contributed by atoms with Crippen LogP contribution >= 0.6 is 40.7 Å². The third-order valence-corrected chi connectivity index (χ3v) is 5.25. The highest BCUT2D eigenvalue weighted by Gasteiger charge is 2.37. The van der Waals surface area contributed by atoms with Crippen molar-refractivity contribution in [2.24, 2.45) is 5.92 Å². The molecule has 8 heteroatoms. The van der Waals surface area contributed by atoms with Crippen LogP contribution in [0, 0.1) is 5.92 Å². The van der Waals surface area contributed by atoms with E-state index in [-0.39, 0.29) is 36.8 Å². The average Bonchev–Trinajstić information content (AvgIpc) is 3.19. The maximum atomic E-state index is 13.1. The number of carboxylic acids is 1. The van der Waals surface area contributed by atoms with Crippen molar-refractivity contribution in [2.75, 3.05) is 26.2 Å². The molecular weight excluding hydrogens is 431 g/mol. The van der Waals surface area contributed by atoms with Crippen molar-refractivity contribution >= 4 is 52.6 Å². The summed E-state index contributed by atoms with van der Waals surface area (Å²) in [5, 5.41) is 9.16. The van der Waals surface area contributed by atoms with Gasteiger partial charge >= 0.3 is 5.97 Å². The molecule has 0 aromatic heterocycles. The molecule has 0 saturated carbocycles. The van der Waals surface area contributed by atoms with Crippen LogP contribution in [0.3, 0.4) is 0 Å². The van der Waals surface area contributed by atoms with Gasteiger partial charge in [-0.25, -0.2) is 0 Å². The molecule has 1 amide bonds. The Hall–Kier alpha value is -0.820. The fourth-order valence-corrected chi connectivity index (χ4v) is 3.94. The first kappa shape index (κ1) is 22.2. The van der Waals surface area contributed by atoms with Gasteiger partial charge in [-0.2, -0.15) is 0 Å². The number of amides is 1. The van der Waals surface area contributed by atoms with Crippen LogP contribution in [-0.4, -0.2) is 53.0 Å². The largest absolute Gasteiger partial charge is 0.481 e. The molecule has 1 N–H and O–H groups in total. The Morgan fingerprint density at radius 1 is 1.16 bits per heavy atom. The monoisotopic (exact) mass is 452 g/mol. The van der Waals surface area contributed by atoms with Crippen LogP contribution in [0.1, 0.15) is 30.9 Å². The molecule has 0 spiro atoms. The van der Waals surface area contributed by atoms with Crippen LogP contribution in [0.5, 0.6) is 0 Å². The van der Waals surface area contributed by atoms with Gasteiger partial charge in [-0.3, -0.25) is 14.5 Å². The third-order valence-electron chi connectivity index (χ3n) is 4.75. The number of rotatable bonds is 4. The van der Waals surface area contributed by atoms with E-state index in [9.17, 15) is 9.59 Å². The van der Waals surface area contributed by atoms with Gasteiger partial charge in [-0.1, -0.05) is 28.1 Å². The van der Waals surface area contributed by atoms with Gasteiger partial charge in [-0.05, 0) is 50.0 Å². The summed E-state index contributed by atoms with van der Waals surface area (Å²) in [6.07, 6.45) is 2.76. The number of hydrogen-bond acceptors (Lipinski definition) is 3. The summed E-state index contributed by atoms with van der Waals surface area (Å²) in [6.45, 7) is 2.69. The lowest BCUT2D eigenvalue weighted by Gasteiger charge is -2.30. The van der Waals surface area contributed by atoms with Gasteiger partial charge in [0.05, 0.1) is 5.92 Å². The number of carboxylic acid groups (broad SMARTS) is 1. The number of carbonyl (C=O) groups is 2. The topological polar surface area (TPSA) is 60.9 Å². The summed E-state index contributed by atoms with van der Waals surface area (Å²) in [7, 11) is 0. The molecule has 2 saturated heterocycles. The van der Waals surface area contributed by atoms with E-state index in [1.54, 1.807) is 4.90 Å². The van der Waals surface area contributed by atoms with Crippen LogP contribution < -0.4 is 0 Å². The Morgan fingerprint density at radius 2 is 1.84 bits per heavy atom. The van der Waals surface area contributed by atoms with Gasteiger partial charge in [0.15, 0.2) is 0 Å². The highest BCUT2D eigenvalue weighted by Crippen LogP contribution is 2.30. The average molecular weight is 454 g/mol. The summed E-state index contributed by atoms with van der Waals surface area (Å²) in [4.78, 5) is 28.2. The van der Waals surface area contributed by atoms with E-state index in [1.165, 1.54) is 0 Å². The van der Waals surface area contributed by atoms with E-state index < -0.39 is 11.9 Å². The zero-order valence-corrected chi connectivity index (χ0v) is 17.0. The second-order valence-corrected chi connectivity index (χ2v) is 7.22. The summed E-state index contributed by atoms with van der Waals surface area (Å²) in [6, 6.07) is 7.57. The number of nitrogens with zero attached hydrogens (tertiary/aromatic N) is 2. The standard InChI is InChI=1S/C17H21BrN2O3.2ClH/c18-14-5-3-4-12(10-14)15(19-7-1-2-8-19)16(21)20-9-6-13(11-20)17(22)23;;/h3-5,10,13,15H,1-2,6-9,11H2,(H,22,23);2*1H. The molecule has 0 radical (unpaired) electrons. The van der Waals surface area contributed by atoms with E-state index >= 15 is 0 Å². The Kier molecular flexibility index (Phi) is 8.68. The number of halogens is 3. The quantitative estimate of drug-likeness (QED) is 0.759. The van der Waals surface area contributed by atoms with Crippen LogP contribution in [0.2, 0.25) is 0 Å². The highest BCUT2D eigenvalue weighted by molar-refractivity contribution is 9.10. The zero-order chi connectivity index (χ0) is 16.4. The van der Waals surface area contributed by atoms with Crippen molar-refractivity contribution in [1.29, 1.82) is 0 Å². The summed E-state index contributed by atoms with van der Waals surface area (Å²) in [5.41, 5.74) is 0.977. The second kappa shape index (κ2) is 9.76. The van der Waals surface area contributed by atoms with E-state index in [4.69, 9.17) is 5.11 Å². The molecule has 0 bridgehead atoms. The molecule has 1 aromatic rings. The molecule has 2 unspecified atom stereocenters. The van der Waals surface area contributed by atoms with Crippen LogP contribution in [-0.2, 0) is 9.59 Å². The van der Waals surface area contributed by atoms with Crippen molar-refractivity contribution in [1.82, 2.24) is 9.80 Å². The molecule has 3 rings (SSSR count). The van der Waals surface area contributed by atoms with Gasteiger partial charge in [0.2, 0.25) is 5.91 Å². The maximum Gasteiger partial charge on any atom is 0.308 e. The minimum Gasteiger partial charge on any atom is -0.481 e. The smallest absolute Gasteiger partial charge is 0.308 e. The lowest BCUT2D eigenvalue weighted by molar-refractivity contribution is -0.141. The molecule has 2 atom stereocenters. The van der Waals surface area contributed by atoms with Crippen molar-refractivity contribution in [3.63, 3.8) is 0 Å². The Morgan fingerprint density at radius 3 is 2.40 bits per heavy atom. The van der Waals surface area contributed by atoms with Gasteiger partial charge < -0.3 is 10.0 Å². The molecule has 140 valence electrons. The van der Waals surface area contributed by atoms with Gasteiger partial charge in [0.1, 0.15) is 6.04 Å².